The summed E-state index contributed by atoms with van der Waals surface area (Å²) in [7, 11) is 0. The first-order chi connectivity index (χ1) is 19.4. The summed E-state index contributed by atoms with van der Waals surface area (Å²) in [5, 5.41) is 0. The summed E-state index contributed by atoms with van der Waals surface area (Å²) in [4.78, 5) is 12.7. The highest BCUT2D eigenvalue weighted by Gasteiger charge is 2.45. The van der Waals surface area contributed by atoms with Crippen LogP contribution in [-0.2, 0) is 15.4 Å². The van der Waals surface area contributed by atoms with Crippen LogP contribution in [0.2, 0.25) is 0 Å². The summed E-state index contributed by atoms with van der Waals surface area (Å²) in [6.07, 6.45) is -3.37. The van der Waals surface area contributed by atoms with E-state index in [-0.39, 0.29) is 27.9 Å². The van der Waals surface area contributed by atoms with Crippen LogP contribution in [0.1, 0.15) is 41.3 Å². The molecule has 1 saturated heterocycles. The lowest BCUT2D eigenvalue weighted by Crippen LogP contribution is -2.43. The summed E-state index contributed by atoms with van der Waals surface area (Å²) >= 11 is 0. The van der Waals surface area contributed by atoms with Crippen molar-refractivity contribution in [1.82, 2.24) is 0 Å². The molecule has 5 rings (SSSR count). The number of carbonyl (C=O) groups is 1. The lowest BCUT2D eigenvalue weighted by atomic mass is 9.90. The molecule has 6 nitrogen and oxygen atoms in total. The van der Waals surface area contributed by atoms with Crippen molar-refractivity contribution in [2.75, 3.05) is 33.0 Å². The van der Waals surface area contributed by atoms with Crippen molar-refractivity contribution in [1.29, 1.82) is 0 Å². The molecule has 0 radical (unpaired) electrons. The predicted molar refractivity (Wildman–Crippen MR) is 137 cm³/mol. The Morgan fingerprint density at radius 1 is 0.854 bits per heavy atom. The van der Waals surface area contributed by atoms with Gasteiger partial charge in [0.25, 0.3) is 5.92 Å². The third-order valence-electron chi connectivity index (χ3n) is 6.78. The van der Waals surface area contributed by atoms with Crippen LogP contribution in [0.15, 0.2) is 60.7 Å². The minimum absolute atomic E-state index is 0.0562. The Balaban J connectivity index is 1.14. The molecule has 0 saturated carbocycles. The number of hydrogen-bond acceptors (Lipinski definition) is 6. The number of hydrogen-bond donors (Lipinski definition) is 0. The second kappa shape index (κ2) is 11.3. The van der Waals surface area contributed by atoms with Gasteiger partial charge in [0.1, 0.15) is 17.2 Å². The molecular formula is C30H27F5O6. The molecule has 0 amide bonds. The standard InChI is InChI=1S/C30H27F5O6/c1-28(17-38-18-28)16-37-12-2-3-13-39-20-5-7-21(8-6-20)40-27(36)19-4-10-23-24-11-9-22(41-30(33,34)35)15-26(24)29(31,32)25(23)14-19/h4-11,14-15H,2-3,12-13,16-18H2,1H3. The Kier molecular flexibility index (Phi) is 7.93. The highest BCUT2D eigenvalue weighted by Crippen LogP contribution is 2.52. The smallest absolute Gasteiger partial charge is 0.494 e. The number of alkyl halides is 5. The molecule has 41 heavy (non-hydrogen) atoms. The van der Waals surface area contributed by atoms with Crippen molar-refractivity contribution in [3.8, 4) is 28.4 Å². The molecule has 0 bridgehead atoms. The molecule has 1 heterocycles. The highest BCUT2D eigenvalue weighted by molar-refractivity contribution is 5.93. The van der Waals surface area contributed by atoms with Gasteiger partial charge in [0.2, 0.25) is 0 Å². The van der Waals surface area contributed by atoms with Crippen LogP contribution >= 0.6 is 0 Å². The maximum atomic E-state index is 15.2. The Morgan fingerprint density at radius 2 is 1.46 bits per heavy atom. The van der Waals surface area contributed by atoms with E-state index in [2.05, 4.69) is 11.7 Å². The quantitative estimate of drug-likeness (QED) is 0.104. The average Bonchev–Trinajstić information content (AvgIpc) is 3.12. The van der Waals surface area contributed by atoms with Gasteiger partial charge in [0.15, 0.2) is 0 Å². The van der Waals surface area contributed by atoms with Crippen LogP contribution in [0, 0.1) is 5.41 Å². The Hall–Kier alpha value is -3.70. The normalized spacial score (nSPS) is 16.3. The summed E-state index contributed by atoms with van der Waals surface area (Å²) in [6, 6.07) is 12.7. The lowest BCUT2D eigenvalue weighted by Gasteiger charge is -2.37. The maximum absolute atomic E-state index is 15.2. The van der Waals surface area contributed by atoms with E-state index in [0.717, 1.165) is 44.3 Å². The number of benzene rings is 3. The fraction of sp³-hybridized carbons (Fsp3) is 0.367. The van der Waals surface area contributed by atoms with Crippen LogP contribution in [0.3, 0.4) is 0 Å². The molecule has 2 aliphatic rings. The van der Waals surface area contributed by atoms with Gasteiger partial charge in [-0.1, -0.05) is 19.1 Å². The molecule has 0 atom stereocenters. The highest BCUT2D eigenvalue weighted by atomic mass is 19.4. The van der Waals surface area contributed by atoms with Gasteiger partial charge >= 0.3 is 12.3 Å². The van der Waals surface area contributed by atoms with Crippen molar-refractivity contribution in [3.05, 3.63) is 77.4 Å². The van der Waals surface area contributed by atoms with E-state index < -0.39 is 35.1 Å². The van der Waals surface area contributed by atoms with Crippen LogP contribution in [-0.4, -0.2) is 45.4 Å². The second-order valence-electron chi connectivity index (χ2n) is 10.4. The van der Waals surface area contributed by atoms with Crippen molar-refractivity contribution in [2.24, 2.45) is 5.41 Å². The number of halogens is 5. The molecule has 1 aliphatic carbocycles. The van der Waals surface area contributed by atoms with Gasteiger partial charge in [0.05, 0.1) is 32.0 Å². The SMILES string of the molecule is CC1(COCCCCOc2ccc(OC(=O)c3ccc4c(c3)C(F)(F)c3cc(OC(F)(F)F)ccc3-4)cc2)COC1. The van der Waals surface area contributed by atoms with Gasteiger partial charge in [-0.25, -0.2) is 4.79 Å². The lowest BCUT2D eigenvalue weighted by molar-refractivity contribution is -0.274. The molecular weight excluding hydrogens is 551 g/mol. The Bertz CT molecular complexity index is 1400. The molecule has 0 aromatic heterocycles. The van der Waals surface area contributed by atoms with Gasteiger partial charge in [-0.2, -0.15) is 8.78 Å². The number of carbonyl (C=O) groups excluding carboxylic acids is 1. The molecule has 218 valence electrons. The van der Waals surface area contributed by atoms with Gasteiger partial charge < -0.3 is 23.7 Å². The van der Waals surface area contributed by atoms with Crippen LogP contribution in [0.5, 0.6) is 17.2 Å². The summed E-state index contributed by atoms with van der Waals surface area (Å²) in [5.41, 5.74) is -0.991. The summed E-state index contributed by atoms with van der Waals surface area (Å²) < 4.78 is 93.8. The maximum Gasteiger partial charge on any atom is 0.573 e. The minimum atomic E-state index is -5.02. The molecule has 3 aromatic rings. The first-order valence-electron chi connectivity index (χ1n) is 13.0. The topological polar surface area (TPSA) is 63.2 Å². The van der Waals surface area contributed by atoms with Crippen molar-refractivity contribution in [3.63, 3.8) is 0 Å². The van der Waals surface area contributed by atoms with Gasteiger partial charge in [-0.15, -0.1) is 13.2 Å². The second-order valence-corrected chi connectivity index (χ2v) is 10.4. The molecule has 0 spiro atoms. The first kappa shape index (κ1) is 28.8. The minimum Gasteiger partial charge on any atom is -0.494 e. The first-order valence-corrected chi connectivity index (χ1v) is 13.0. The predicted octanol–water partition coefficient (Wildman–Crippen LogP) is 7.14. The molecule has 3 aromatic carbocycles. The van der Waals surface area contributed by atoms with Crippen molar-refractivity contribution >= 4 is 5.97 Å². The van der Waals surface area contributed by atoms with Gasteiger partial charge in [-0.05, 0) is 72.5 Å². The number of fused-ring (bicyclic) bond motifs is 3. The van der Waals surface area contributed by atoms with Crippen LogP contribution in [0.25, 0.3) is 11.1 Å². The Labute approximate surface area is 232 Å². The van der Waals surface area contributed by atoms with E-state index in [0.29, 0.717) is 31.6 Å². The fourth-order valence-corrected chi connectivity index (χ4v) is 4.64. The van der Waals surface area contributed by atoms with Crippen LogP contribution < -0.4 is 14.2 Å². The fourth-order valence-electron chi connectivity index (χ4n) is 4.64. The monoisotopic (exact) mass is 578 g/mol. The summed E-state index contributed by atoms with van der Waals surface area (Å²) in [5.74, 6) is -4.49. The van der Waals surface area contributed by atoms with E-state index in [1.807, 2.05) is 0 Å². The van der Waals surface area contributed by atoms with E-state index in [4.69, 9.17) is 18.9 Å². The number of unbranched alkanes of at least 4 members (excludes halogenated alkanes) is 1. The van der Waals surface area contributed by atoms with Crippen molar-refractivity contribution < 1.29 is 50.4 Å². The number of rotatable bonds is 11. The zero-order valence-corrected chi connectivity index (χ0v) is 22.1. The van der Waals surface area contributed by atoms with E-state index in [1.54, 1.807) is 12.1 Å². The number of esters is 1. The van der Waals surface area contributed by atoms with Crippen molar-refractivity contribution in [2.45, 2.75) is 32.1 Å². The largest absolute Gasteiger partial charge is 0.573 e. The molecule has 11 heteroatoms. The third-order valence-corrected chi connectivity index (χ3v) is 6.78. The Morgan fingerprint density at radius 3 is 2.12 bits per heavy atom. The van der Waals surface area contributed by atoms with E-state index >= 15 is 8.78 Å². The number of ether oxygens (including phenoxy) is 5. The van der Waals surface area contributed by atoms with E-state index in [1.165, 1.54) is 24.3 Å². The summed E-state index contributed by atoms with van der Waals surface area (Å²) in [6.45, 7) is 5.39. The molecule has 0 N–H and O–H groups in total. The van der Waals surface area contributed by atoms with Gasteiger partial charge in [0, 0.05) is 23.1 Å². The molecule has 0 unspecified atom stereocenters. The average molecular weight is 579 g/mol. The molecule has 1 fully saturated rings. The van der Waals surface area contributed by atoms with Gasteiger partial charge in [-0.3, -0.25) is 0 Å². The van der Waals surface area contributed by atoms with Crippen LogP contribution in [0.4, 0.5) is 22.0 Å². The zero-order valence-electron chi connectivity index (χ0n) is 22.1. The molecule has 1 aliphatic heterocycles. The zero-order chi connectivity index (χ0) is 29.3. The van der Waals surface area contributed by atoms with E-state index in [9.17, 15) is 18.0 Å². The third kappa shape index (κ3) is 6.62.